The van der Waals surface area contributed by atoms with Crippen molar-refractivity contribution in [3.05, 3.63) is 28.8 Å². The van der Waals surface area contributed by atoms with Crippen molar-refractivity contribution in [1.82, 2.24) is 15.5 Å². The average Bonchev–Trinajstić information content (AvgIpc) is 3.31. The summed E-state index contributed by atoms with van der Waals surface area (Å²) in [6.07, 6.45) is 5.41. The summed E-state index contributed by atoms with van der Waals surface area (Å²) in [5.41, 5.74) is 0.0820. The minimum absolute atomic E-state index is 0. The van der Waals surface area contributed by atoms with Crippen LogP contribution in [0.3, 0.4) is 0 Å². The van der Waals surface area contributed by atoms with Gasteiger partial charge in [-0.25, -0.2) is 18.4 Å². The molecule has 15 heteroatoms. The van der Waals surface area contributed by atoms with Crippen LogP contribution in [-0.2, 0) is 29.1 Å². The van der Waals surface area contributed by atoms with Crippen LogP contribution in [0.5, 0.6) is 0 Å². The number of nitrogens with zero attached hydrogens (tertiary/aromatic N) is 1. The quantitative estimate of drug-likeness (QED) is 0.184. The van der Waals surface area contributed by atoms with Crippen molar-refractivity contribution in [2.24, 2.45) is 11.1 Å². The van der Waals surface area contributed by atoms with Gasteiger partial charge in [-0.2, -0.15) is 0 Å². The highest BCUT2D eigenvalue weighted by atomic mass is 35.5. The van der Waals surface area contributed by atoms with Gasteiger partial charge in [0.25, 0.3) is 5.91 Å². The lowest BCUT2D eigenvalue weighted by Gasteiger charge is -2.35. The molecule has 1 aromatic carbocycles. The number of carbonyl (C=O) groups is 4. The van der Waals surface area contributed by atoms with E-state index in [0.717, 1.165) is 31.7 Å². The second kappa shape index (κ2) is 15.9. The maximum absolute atomic E-state index is 13.5. The van der Waals surface area contributed by atoms with Gasteiger partial charge < -0.3 is 20.1 Å². The second-order valence-corrected chi connectivity index (χ2v) is 12.5. The van der Waals surface area contributed by atoms with Crippen LogP contribution in [0.4, 0.5) is 0 Å². The Bertz CT molecular complexity index is 1250. The number of nitrogens with two attached hydrogens (primary N) is 1. The molecule has 0 radical (unpaired) electrons. The smallest absolute Gasteiger partial charge is 0.326 e. The fourth-order valence-corrected chi connectivity index (χ4v) is 6.82. The molecule has 1 aliphatic heterocycles. The zero-order valence-electron chi connectivity index (χ0n) is 23.7. The van der Waals surface area contributed by atoms with Crippen LogP contribution in [0.15, 0.2) is 23.1 Å². The first-order valence-corrected chi connectivity index (χ1v) is 15.9. The number of rotatable bonds is 13. The molecule has 1 aromatic rings. The number of sulfonamides is 1. The standard InChI is InChI=1S/C27H39ClN4O8S.ClH/c1-3-40-27(37)20(9-6-7-13-30-24(33)18-11-12-19(28)23(15-18)41(29,38)39)31-16(2)25(34)32-21-10-5-4-8-17(21)14-22(32)26(35)36;/h11-12,15-17,20-22,31H,3-10,13-14H2,1-2H3,(H,30,33)(H,35,36)(H2,29,38,39);1H/t16-,17+,20-,21+,22-;/m0./s1. The Kier molecular flexibility index (Phi) is 13.5. The van der Waals surface area contributed by atoms with Crippen LogP contribution in [0.25, 0.3) is 0 Å². The molecule has 2 aliphatic rings. The number of nitrogens with one attached hydrogen (secondary N) is 2. The summed E-state index contributed by atoms with van der Waals surface area (Å²) in [7, 11) is -4.10. The minimum atomic E-state index is -4.10. The molecule has 0 unspecified atom stereocenters. The second-order valence-electron chi connectivity index (χ2n) is 10.6. The molecule has 0 spiro atoms. The van der Waals surface area contributed by atoms with Crippen molar-refractivity contribution in [2.75, 3.05) is 13.2 Å². The summed E-state index contributed by atoms with van der Waals surface area (Å²) in [5.74, 6) is -2.19. The predicted molar refractivity (Wildman–Crippen MR) is 158 cm³/mol. The maximum Gasteiger partial charge on any atom is 0.326 e. The number of carboxylic acids is 1. The molecular formula is C27H40Cl2N4O8S. The zero-order chi connectivity index (χ0) is 30.3. The topological polar surface area (TPSA) is 185 Å². The van der Waals surface area contributed by atoms with Crippen molar-refractivity contribution in [1.29, 1.82) is 0 Å². The Balaban J connectivity index is 0.00000616. The molecule has 12 nitrogen and oxygen atoms in total. The first-order chi connectivity index (χ1) is 19.3. The van der Waals surface area contributed by atoms with E-state index in [1.807, 2.05) is 0 Å². The van der Waals surface area contributed by atoms with E-state index in [-0.39, 0.29) is 58.9 Å². The summed E-state index contributed by atoms with van der Waals surface area (Å²) < 4.78 is 28.5. The van der Waals surface area contributed by atoms with Gasteiger partial charge in [0, 0.05) is 18.2 Å². The van der Waals surface area contributed by atoms with Crippen molar-refractivity contribution in [3.8, 4) is 0 Å². The van der Waals surface area contributed by atoms with Crippen molar-refractivity contribution in [2.45, 2.75) is 94.3 Å². The van der Waals surface area contributed by atoms with Gasteiger partial charge in [0.2, 0.25) is 15.9 Å². The normalized spacial score (nSPS) is 21.4. The van der Waals surface area contributed by atoms with Gasteiger partial charge in [0.05, 0.1) is 17.7 Å². The molecule has 5 N–H and O–H groups in total. The highest BCUT2D eigenvalue weighted by Gasteiger charge is 2.48. The van der Waals surface area contributed by atoms with Gasteiger partial charge in [-0.3, -0.25) is 19.7 Å². The molecule has 0 bridgehead atoms. The third kappa shape index (κ3) is 9.03. The number of hydrogen-bond acceptors (Lipinski definition) is 8. The molecule has 0 aromatic heterocycles. The Hall–Kier alpha value is -2.45. The van der Waals surface area contributed by atoms with E-state index in [1.54, 1.807) is 13.8 Å². The minimum Gasteiger partial charge on any atom is -0.480 e. The molecular weight excluding hydrogens is 611 g/mol. The first kappa shape index (κ1) is 35.7. The van der Waals surface area contributed by atoms with E-state index in [9.17, 15) is 32.7 Å². The largest absolute Gasteiger partial charge is 0.480 e. The van der Waals surface area contributed by atoms with Gasteiger partial charge in [0.1, 0.15) is 17.0 Å². The molecule has 2 fully saturated rings. The maximum atomic E-state index is 13.5. The molecule has 5 atom stereocenters. The lowest BCUT2D eigenvalue weighted by atomic mass is 9.84. The van der Waals surface area contributed by atoms with Gasteiger partial charge in [-0.05, 0) is 76.5 Å². The summed E-state index contributed by atoms with van der Waals surface area (Å²) in [6, 6.07) is 1.20. The number of amides is 2. The van der Waals surface area contributed by atoms with Crippen molar-refractivity contribution in [3.63, 3.8) is 0 Å². The number of halogens is 2. The number of primary sulfonamides is 1. The molecule has 1 saturated heterocycles. The van der Waals surface area contributed by atoms with Crippen LogP contribution in [0, 0.1) is 5.92 Å². The number of hydrogen-bond donors (Lipinski definition) is 4. The Morgan fingerprint density at radius 3 is 2.52 bits per heavy atom. The molecule has 1 saturated carbocycles. The first-order valence-electron chi connectivity index (χ1n) is 13.9. The number of carboxylic acid groups (broad SMARTS) is 1. The molecule has 1 heterocycles. The van der Waals surface area contributed by atoms with E-state index < -0.39 is 46.0 Å². The number of likely N-dealkylation sites (tertiary alicyclic amines) is 1. The predicted octanol–water partition coefficient (Wildman–Crippen LogP) is 2.46. The van der Waals surface area contributed by atoms with Crippen molar-refractivity contribution >= 4 is 57.8 Å². The number of benzene rings is 1. The molecule has 3 rings (SSSR count). The molecule has 2 amide bonds. The third-order valence-electron chi connectivity index (χ3n) is 7.73. The molecule has 42 heavy (non-hydrogen) atoms. The van der Waals surface area contributed by atoms with Crippen molar-refractivity contribution < 1.29 is 37.4 Å². The molecule has 1 aliphatic carbocycles. The summed E-state index contributed by atoms with van der Waals surface area (Å²) in [6.45, 7) is 3.72. The number of aliphatic carboxylic acids is 1. The lowest BCUT2D eigenvalue weighted by Crippen LogP contribution is -2.55. The highest BCUT2D eigenvalue weighted by Crippen LogP contribution is 2.40. The third-order valence-corrected chi connectivity index (χ3v) is 9.12. The van der Waals surface area contributed by atoms with Gasteiger partial charge in [-0.1, -0.05) is 24.4 Å². The van der Waals surface area contributed by atoms with E-state index in [4.69, 9.17) is 21.5 Å². The fourth-order valence-electron chi connectivity index (χ4n) is 5.75. The average molecular weight is 652 g/mol. The summed E-state index contributed by atoms with van der Waals surface area (Å²) in [4.78, 5) is 51.8. The van der Waals surface area contributed by atoms with E-state index in [1.165, 1.54) is 17.0 Å². The summed E-state index contributed by atoms with van der Waals surface area (Å²) in [5, 5.41) is 20.6. The number of ether oxygens (including phenoxy) is 1. The monoisotopic (exact) mass is 650 g/mol. The van der Waals surface area contributed by atoms with Gasteiger partial charge in [-0.15, -0.1) is 12.4 Å². The van der Waals surface area contributed by atoms with Crippen LogP contribution in [0.2, 0.25) is 5.02 Å². The van der Waals surface area contributed by atoms with Gasteiger partial charge >= 0.3 is 11.9 Å². The Morgan fingerprint density at radius 1 is 1.19 bits per heavy atom. The fraction of sp³-hybridized carbons (Fsp3) is 0.630. The van der Waals surface area contributed by atoms with E-state index >= 15 is 0 Å². The number of unbranched alkanes of at least 4 members (excludes halogenated alkanes) is 1. The van der Waals surface area contributed by atoms with Crippen LogP contribution in [0.1, 0.15) is 75.6 Å². The Labute approximate surface area is 257 Å². The zero-order valence-corrected chi connectivity index (χ0v) is 26.1. The van der Waals surface area contributed by atoms with Crippen LogP contribution in [-0.4, -0.2) is 79.5 Å². The number of carbonyl (C=O) groups excluding carboxylic acids is 3. The number of fused-ring (bicyclic) bond motifs is 1. The Morgan fingerprint density at radius 2 is 1.88 bits per heavy atom. The van der Waals surface area contributed by atoms with Crippen LogP contribution >= 0.6 is 24.0 Å². The van der Waals surface area contributed by atoms with E-state index in [2.05, 4.69) is 10.6 Å². The SMILES string of the molecule is CCOC(=O)[C@H](CCCCNC(=O)c1ccc(Cl)c(S(N)(=O)=O)c1)N[C@@H](C)C(=O)N1[C@@H]2CCCC[C@@H]2C[C@H]1C(=O)O.Cl. The van der Waals surface area contributed by atoms with Gasteiger partial charge in [0.15, 0.2) is 0 Å². The van der Waals surface area contributed by atoms with Crippen LogP contribution < -0.4 is 15.8 Å². The summed E-state index contributed by atoms with van der Waals surface area (Å²) >= 11 is 5.87. The molecule has 236 valence electrons. The number of esters is 1. The highest BCUT2D eigenvalue weighted by molar-refractivity contribution is 7.89. The lowest BCUT2D eigenvalue weighted by molar-refractivity contribution is -0.152. The van der Waals surface area contributed by atoms with E-state index in [0.29, 0.717) is 25.7 Å².